The summed E-state index contributed by atoms with van der Waals surface area (Å²) < 4.78 is 11.2. The molecule has 0 saturated carbocycles. The molecule has 2 amide bonds. The van der Waals surface area contributed by atoms with E-state index >= 15 is 0 Å². The molecule has 1 aromatic rings. The minimum atomic E-state index is -0.586. The van der Waals surface area contributed by atoms with Crippen molar-refractivity contribution in [3.05, 3.63) is 29.3 Å². The van der Waals surface area contributed by atoms with Crippen molar-refractivity contribution < 1.29 is 24.3 Å². The van der Waals surface area contributed by atoms with Crippen molar-refractivity contribution in [2.45, 2.75) is 32.7 Å². The number of fused-ring (bicyclic) bond motifs is 1. The topological polar surface area (TPSA) is 88.1 Å². The van der Waals surface area contributed by atoms with Gasteiger partial charge in [-0.1, -0.05) is 19.9 Å². The lowest BCUT2D eigenvalue weighted by atomic mass is 9.90. The highest BCUT2D eigenvalue weighted by Crippen LogP contribution is 2.38. The standard InChI is InChI=1S/C19H26N2O5/c1-12(2)17-15-4-3-14(18(22)20-24)11-16(15)26-10-7-21(17)19(23)13-5-8-25-9-6-13/h3-4,11-13,17,24H,5-10H2,1-2H3,(H,20,22). The van der Waals surface area contributed by atoms with Gasteiger partial charge >= 0.3 is 0 Å². The molecule has 0 aromatic heterocycles. The molecule has 26 heavy (non-hydrogen) atoms. The van der Waals surface area contributed by atoms with Crippen LogP contribution in [0.3, 0.4) is 0 Å². The molecule has 1 unspecified atom stereocenters. The van der Waals surface area contributed by atoms with E-state index in [0.29, 0.717) is 37.7 Å². The first kappa shape index (κ1) is 18.7. The molecule has 7 heteroatoms. The van der Waals surface area contributed by atoms with Gasteiger partial charge in [0.25, 0.3) is 5.91 Å². The van der Waals surface area contributed by atoms with Crippen molar-refractivity contribution in [3.63, 3.8) is 0 Å². The molecule has 2 aliphatic heterocycles. The fourth-order valence-corrected chi connectivity index (χ4v) is 3.82. The molecule has 0 spiro atoms. The second-order valence-corrected chi connectivity index (χ2v) is 7.15. The van der Waals surface area contributed by atoms with Crippen LogP contribution in [0.5, 0.6) is 5.75 Å². The van der Waals surface area contributed by atoms with Crippen molar-refractivity contribution in [2.24, 2.45) is 11.8 Å². The molecular weight excluding hydrogens is 336 g/mol. The van der Waals surface area contributed by atoms with Crippen LogP contribution < -0.4 is 10.2 Å². The summed E-state index contributed by atoms with van der Waals surface area (Å²) in [6, 6.07) is 4.97. The molecule has 0 radical (unpaired) electrons. The molecule has 0 bridgehead atoms. The van der Waals surface area contributed by atoms with E-state index in [9.17, 15) is 9.59 Å². The molecule has 1 fully saturated rings. The molecule has 1 atom stereocenters. The molecule has 2 heterocycles. The Morgan fingerprint density at radius 2 is 1.96 bits per heavy atom. The van der Waals surface area contributed by atoms with Crippen molar-refractivity contribution in [1.29, 1.82) is 0 Å². The molecule has 1 saturated heterocycles. The summed E-state index contributed by atoms with van der Waals surface area (Å²) in [5, 5.41) is 8.84. The highest BCUT2D eigenvalue weighted by molar-refractivity contribution is 5.94. The average Bonchev–Trinajstić information content (AvgIpc) is 2.86. The van der Waals surface area contributed by atoms with Gasteiger partial charge in [0.1, 0.15) is 12.4 Å². The molecular formula is C19H26N2O5. The summed E-state index contributed by atoms with van der Waals surface area (Å²) >= 11 is 0. The zero-order chi connectivity index (χ0) is 18.7. The molecule has 2 N–H and O–H groups in total. The Hall–Kier alpha value is -2.12. The normalized spacial score (nSPS) is 20.9. The fourth-order valence-electron chi connectivity index (χ4n) is 3.82. The highest BCUT2D eigenvalue weighted by Gasteiger charge is 2.36. The van der Waals surface area contributed by atoms with Crippen LogP contribution in [-0.4, -0.2) is 48.3 Å². The Morgan fingerprint density at radius 1 is 1.23 bits per heavy atom. The molecule has 3 rings (SSSR count). The lowest BCUT2D eigenvalue weighted by Gasteiger charge is -2.36. The van der Waals surface area contributed by atoms with Crippen molar-refractivity contribution in [3.8, 4) is 5.75 Å². The number of hydrogen-bond donors (Lipinski definition) is 2. The molecule has 142 valence electrons. The van der Waals surface area contributed by atoms with Gasteiger partial charge in [-0.25, -0.2) is 5.48 Å². The number of hydroxylamine groups is 1. The van der Waals surface area contributed by atoms with Gasteiger partial charge in [0, 0.05) is 30.3 Å². The predicted molar refractivity (Wildman–Crippen MR) is 94.0 cm³/mol. The lowest BCUT2D eigenvalue weighted by Crippen LogP contribution is -2.43. The van der Waals surface area contributed by atoms with Gasteiger partial charge in [-0.15, -0.1) is 0 Å². The van der Waals surface area contributed by atoms with E-state index in [0.717, 1.165) is 18.4 Å². The van der Waals surface area contributed by atoms with Gasteiger partial charge in [-0.3, -0.25) is 14.8 Å². The number of ether oxygens (including phenoxy) is 2. The van der Waals surface area contributed by atoms with Crippen LogP contribution in [0.15, 0.2) is 18.2 Å². The smallest absolute Gasteiger partial charge is 0.274 e. The van der Waals surface area contributed by atoms with Crippen molar-refractivity contribution in [2.75, 3.05) is 26.4 Å². The second-order valence-electron chi connectivity index (χ2n) is 7.15. The lowest BCUT2D eigenvalue weighted by molar-refractivity contribution is -0.142. The van der Waals surface area contributed by atoms with E-state index in [1.54, 1.807) is 17.6 Å². The van der Waals surface area contributed by atoms with Crippen LogP contribution >= 0.6 is 0 Å². The summed E-state index contributed by atoms with van der Waals surface area (Å²) in [6.07, 6.45) is 1.51. The van der Waals surface area contributed by atoms with Crippen molar-refractivity contribution in [1.82, 2.24) is 10.4 Å². The van der Waals surface area contributed by atoms with Crippen LogP contribution in [0.4, 0.5) is 0 Å². The Morgan fingerprint density at radius 3 is 2.62 bits per heavy atom. The number of nitrogens with one attached hydrogen (secondary N) is 1. The van der Waals surface area contributed by atoms with Gasteiger partial charge in [0.2, 0.25) is 5.91 Å². The maximum Gasteiger partial charge on any atom is 0.274 e. The summed E-state index contributed by atoms with van der Waals surface area (Å²) in [7, 11) is 0. The SMILES string of the molecule is CC(C)C1c2ccc(C(=O)NO)cc2OCCN1C(=O)C1CCOCC1. The van der Waals surface area contributed by atoms with E-state index in [1.165, 1.54) is 0 Å². The Labute approximate surface area is 153 Å². The second kappa shape index (κ2) is 8.05. The van der Waals surface area contributed by atoms with Crippen LogP contribution in [0, 0.1) is 11.8 Å². The van der Waals surface area contributed by atoms with Gasteiger partial charge in [0.05, 0.1) is 12.6 Å². The molecule has 7 nitrogen and oxygen atoms in total. The first-order valence-electron chi connectivity index (χ1n) is 9.12. The van der Waals surface area contributed by atoms with Crippen molar-refractivity contribution >= 4 is 11.8 Å². The summed E-state index contributed by atoms with van der Waals surface area (Å²) in [6.45, 7) is 6.30. The van der Waals surface area contributed by atoms with E-state index in [4.69, 9.17) is 14.7 Å². The maximum absolute atomic E-state index is 13.2. The summed E-state index contributed by atoms with van der Waals surface area (Å²) in [5.74, 6) is 0.340. The fraction of sp³-hybridized carbons (Fsp3) is 0.579. The van der Waals surface area contributed by atoms with Gasteiger partial charge in [-0.2, -0.15) is 0 Å². The minimum absolute atomic E-state index is 0.00834. The zero-order valence-corrected chi connectivity index (χ0v) is 15.2. The van der Waals surface area contributed by atoms with Crippen LogP contribution in [-0.2, 0) is 9.53 Å². The number of amides is 2. The van der Waals surface area contributed by atoms with E-state index in [-0.39, 0.29) is 23.8 Å². The monoisotopic (exact) mass is 362 g/mol. The Balaban J connectivity index is 1.93. The molecule has 2 aliphatic rings. The highest BCUT2D eigenvalue weighted by atomic mass is 16.5. The van der Waals surface area contributed by atoms with Crippen LogP contribution in [0.2, 0.25) is 0 Å². The van der Waals surface area contributed by atoms with Crippen LogP contribution in [0.1, 0.15) is 48.7 Å². The van der Waals surface area contributed by atoms with Crippen LogP contribution in [0.25, 0.3) is 0 Å². The minimum Gasteiger partial charge on any atom is -0.491 e. The Bertz CT molecular complexity index is 670. The van der Waals surface area contributed by atoms with Gasteiger partial charge in [-0.05, 0) is 30.9 Å². The number of nitrogens with zero attached hydrogens (tertiary/aromatic N) is 1. The number of hydrogen-bond acceptors (Lipinski definition) is 5. The zero-order valence-electron chi connectivity index (χ0n) is 15.2. The number of carbonyl (C=O) groups excluding carboxylic acids is 2. The van der Waals surface area contributed by atoms with E-state index in [2.05, 4.69) is 13.8 Å². The van der Waals surface area contributed by atoms with E-state index in [1.807, 2.05) is 11.0 Å². The van der Waals surface area contributed by atoms with Gasteiger partial charge < -0.3 is 14.4 Å². The summed E-state index contributed by atoms with van der Waals surface area (Å²) in [4.78, 5) is 26.8. The molecule has 1 aromatic carbocycles. The third kappa shape index (κ3) is 3.68. The number of benzene rings is 1. The third-order valence-electron chi connectivity index (χ3n) is 5.11. The number of carbonyl (C=O) groups is 2. The Kier molecular flexibility index (Phi) is 5.78. The molecule has 0 aliphatic carbocycles. The summed E-state index contributed by atoms with van der Waals surface area (Å²) in [5.41, 5.74) is 2.85. The third-order valence-corrected chi connectivity index (χ3v) is 5.11. The number of rotatable bonds is 3. The maximum atomic E-state index is 13.2. The first-order chi connectivity index (χ1) is 12.5. The van der Waals surface area contributed by atoms with Gasteiger partial charge in [0.15, 0.2) is 0 Å². The van der Waals surface area contributed by atoms with E-state index < -0.39 is 5.91 Å². The largest absolute Gasteiger partial charge is 0.491 e. The first-order valence-corrected chi connectivity index (χ1v) is 9.12. The quantitative estimate of drug-likeness (QED) is 0.635. The average molecular weight is 362 g/mol. The predicted octanol–water partition coefficient (Wildman–Crippen LogP) is 2.15.